The highest BCUT2D eigenvalue weighted by Gasteiger charge is 2.48. The van der Waals surface area contributed by atoms with Gasteiger partial charge in [0.15, 0.2) is 8.07 Å². The third-order valence-corrected chi connectivity index (χ3v) is 14.6. The molecule has 0 spiro atoms. The van der Waals surface area contributed by atoms with Crippen molar-refractivity contribution < 1.29 is 0 Å². The van der Waals surface area contributed by atoms with Gasteiger partial charge in [-0.05, 0) is 103 Å². The molecule has 3 aromatic rings. The maximum absolute atomic E-state index is 2.74. The van der Waals surface area contributed by atoms with Gasteiger partial charge in [0.2, 0.25) is 0 Å². The van der Waals surface area contributed by atoms with E-state index in [4.69, 9.17) is 0 Å². The molecule has 1 aliphatic carbocycles. The van der Waals surface area contributed by atoms with Gasteiger partial charge < -0.3 is 14.7 Å². The summed E-state index contributed by atoms with van der Waals surface area (Å²) in [5.74, 6) is 0.379. The average molecular weight is 552 g/mol. The number of allylic oxidation sites excluding steroid dienone is 4. The minimum absolute atomic E-state index is 0.379. The minimum Gasteiger partial charge on any atom is -0.377 e. The van der Waals surface area contributed by atoms with Crippen molar-refractivity contribution in [1.29, 1.82) is 0 Å². The molecule has 4 heteroatoms. The Hall–Kier alpha value is -3.24. The summed E-state index contributed by atoms with van der Waals surface area (Å²) >= 11 is 0. The van der Waals surface area contributed by atoms with Crippen molar-refractivity contribution in [3.8, 4) is 0 Å². The van der Waals surface area contributed by atoms with Crippen LogP contribution >= 0.6 is 0 Å². The van der Waals surface area contributed by atoms with Crippen LogP contribution in [0.3, 0.4) is 0 Å². The molecular weight excluding hydrogens is 503 g/mol. The van der Waals surface area contributed by atoms with Crippen LogP contribution in [0.4, 0.5) is 17.1 Å². The Balaban J connectivity index is 2.28. The van der Waals surface area contributed by atoms with Gasteiger partial charge in [-0.3, -0.25) is 0 Å². The van der Waals surface area contributed by atoms with E-state index in [2.05, 4.69) is 160 Å². The lowest BCUT2D eigenvalue weighted by Crippen LogP contribution is -2.69. The molecule has 0 fully saturated rings. The lowest BCUT2D eigenvalue weighted by molar-refractivity contribution is 0.851. The Morgan fingerprint density at radius 2 is 0.825 bits per heavy atom. The maximum Gasteiger partial charge on any atom is 0.176 e. The standard InChI is InChI=1S/C36H49N3Si/c1-23-14-17-30(20-33(23)37(8)9)40(36-28(6)26(4)27(5)29(36)7,31-18-15-24(2)34(21-31)38(10)11)32-19-16-25(3)35(22-32)39(12)13/h14-22,28H,1-13H3. The number of anilines is 3. The number of aryl methyl sites for hydroxylation is 3. The van der Waals surface area contributed by atoms with E-state index >= 15 is 0 Å². The summed E-state index contributed by atoms with van der Waals surface area (Å²) in [4.78, 5) is 6.81. The molecule has 3 nitrogen and oxygen atoms in total. The highest BCUT2D eigenvalue weighted by Crippen LogP contribution is 2.42. The molecule has 1 atom stereocenters. The Morgan fingerprint density at radius 1 is 0.500 bits per heavy atom. The molecule has 3 aromatic carbocycles. The molecule has 0 amide bonds. The molecule has 0 aromatic heterocycles. The summed E-state index contributed by atoms with van der Waals surface area (Å²) in [6.07, 6.45) is 0. The van der Waals surface area contributed by atoms with E-state index in [-0.39, 0.29) is 0 Å². The molecule has 0 saturated heterocycles. The van der Waals surface area contributed by atoms with Crippen LogP contribution in [0.15, 0.2) is 76.5 Å². The largest absolute Gasteiger partial charge is 0.377 e. The van der Waals surface area contributed by atoms with Crippen LogP contribution in [0.2, 0.25) is 0 Å². The monoisotopic (exact) mass is 551 g/mol. The lowest BCUT2D eigenvalue weighted by Gasteiger charge is -2.40. The van der Waals surface area contributed by atoms with Crippen LogP contribution in [0.5, 0.6) is 0 Å². The van der Waals surface area contributed by atoms with Crippen molar-refractivity contribution in [3.05, 3.63) is 93.2 Å². The minimum atomic E-state index is -2.74. The zero-order chi connectivity index (χ0) is 29.7. The first kappa shape index (κ1) is 29.7. The SMILES string of the molecule is CC1=C(C)C(C)C([Si](c2ccc(C)c(N(C)C)c2)(c2ccc(C)c(N(C)C)c2)c2ccc(C)c(N(C)C)c2)=C1C. The zero-order valence-electron chi connectivity index (χ0n) is 27.1. The molecular formula is C36H49N3Si. The number of hydrogen-bond donors (Lipinski definition) is 0. The molecule has 0 bridgehead atoms. The normalized spacial score (nSPS) is 15.7. The van der Waals surface area contributed by atoms with Gasteiger partial charge in [-0.15, -0.1) is 0 Å². The quantitative estimate of drug-likeness (QED) is 0.259. The molecule has 1 unspecified atom stereocenters. The fourth-order valence-electron chi connectivity index (χ4n) is 6.91. The topological polar surface area (TPSA) is 9.72 Å². The first-order valence-corrected chi connectivity index (χ1v) is 16.5. The Labute approximate surface area is 244 Å². The van der Waals surface area contributed by atoms with E-state index in [9.17, 15) is 0 Å². The fraction of sp³-hybridized carbons (Fsp3) is 0.389. The van der Waals surface area contributed by atoms with Crippen LogP contribution in [-0.4, -0.2) is 50.4 Å². The van der Waals surface area contributed by atoms with Gasteiger partial charge in [0, 0.05) is 59.3 Å². The van der Waals surface area contributed by atoms with Crippen molar-refractivity contribution in [2.24, 2.45) is 5.92 Å². The second kappa shape index (κ2) is 11.0. The summed E-state index contributed by atoms with van der Waals surface area (Å²) in [5, 5.41) is 5.98. The number of hydrogen-bond acceptors (Lipinski definition) is 3. The molecule has 40 heavy (non-hydrogen) atoms. The summed E-state index contributed by atoms with van der Waals surface area (Å²) in [7, 11) is 10.3. The molecule has 0 saturated carbocycles. The fourth-order valence-corrected chi connectivity index (χ4v) is 12.5. The van der Waals surface area contributed by atoms with Crippen LogP contribution in [0.25, 0.3) is 0 Å². The first-order chi connectivity index (χ1) is 18.7. The highest BCUT2D eigenvalue weighted by atomic mass is 28.3. The Kier molecular flexibility index (Phi) is 8.15. The van der Waals surface area contributed by atoms with E-state index in [0.717, 1.165) is 0 Å². The second-order valence-electron chi connectivity index (χ2n) is 12.5. The average Bonchev–Trinajstić information content (AvgIpc) is 3.09. The maximum atomic E-state index is 2.50. The third kappa shape index (κ3) is 4.70. The highest BCUT2D eigenvalue weighted by molar-refractivity contribution is 7.16. The number of benzene rings is 3. The van der Waals surface area contributed by atoms with E-state index in [1.165, 1.54) is 66.0 Å². The number of rotatable bonds is 7. The summed E-state index contributed by atoms with van der Waals surface area (Å²) < 4.78 is 0. The van der Waals surface area contributed by atoms with Crippen molar-refractivity contribution >= 4 is 40.7 Å². The van der Waals surface area contributed by atoms with E-state index in [1.807, 2.05) is 0 Å². The van der Waals surface area contributed by atoms with Crippen molar-refractivity contribution in [2.45, 2.75) is 48.5 Å². The van der Waals surface area contributed by atoms with Gasteiger partial charge in [-0.1, -0.05) is 59.7 Å². The van der Waals surface area contributed by atoms with E-state index in [0.29, 0.717) is 5.92 Å². The van der Waals surface area contributed by atoms with Gasteiger partial charge in [0.25, 0.3) is 0 Å². The molecule has 4 rings (SSSR count). The zero-order valence-corrected chi connectivity index (χ0v) is 28.1. The Morgan fingerprint density at radius 3 is 1.07 bits per heavy atom. The van der Waals surface area contributed by atoms with Crippen LogP contribution in [0.1, 0.15) is 44.4 Å². The molecule has 0 heterocycles. The molecule has 0 N–H and O–H groups in total. The lowest BCUT2D eigenvalue weighted by atomic mass is 10.1. The van der Waals surface area contributed by atoms with Crippen LogP contribution < -0.4 is 30.3 Å². The van der Waals surface area contributed by atoms with Crippen LogP contribution in [0, 0.1) is 26.7 Å². The van der Waals surface area contributed by atoms with E-state index < -0.39 is 8.07 Å². The van der Waals surface area contributed by atoms with Crippen molar-refractivity contribution in [3.63, 3.8) is 0 Å². The molecule has 212 valence electrons. The summed E-state index contributed by atoms with van der Waals surface area (Å²) in [6.45, 7) is 16.2. The van der Waals surface area contributed by atoms with Gasteiger partial charge in [0.05, 0.1) is 0 Å². The molecule has 1 aliphatic rings. The van der Waals surface area contributed by atoms with Gasteiger partial charge in [0.1, 0.15) is 0 Å². The predicted molar refractivity (Wildman–Crippen MR) is 181 cm³/mol. The van der Waals surface area contributed by atoms with Gasteiger partial charge in [-0.2, -0.15) is 0 Å². The number of nitrogens with zero attached hydrogens (tertiary/aromatic N) is 3. The Bertz CT molecular complexity index is 1370. The van der Waals surface area contributed by atoms with Crippen molar-refractivity contribution in [1.82, 2.24) is 0 Å². The van der Waals surface area contributed by atoms with E-state index in [1.54, 1.807) is 5.20 Å². The summed E-state index contributed by atoms with van der Waals surface area (Å²) in [6, 6.07) is 21.9. The predicted octanol–water partition coefficient (Wildman–Crippen LogP) is 6.12. The van der Waals surface area contributed by atoms with Gasteiger partial charge >= 0.3 is 0 Å². The molecule has 0 radical (unpaired) electrons. The first-order valence-electron chi connectivity index (χ1n) is 14.5. The molecule has 0 aliphatic heterocycles. The smallest absolute Gasteiger partial charge is 0.176 e. The summed E-state index contributed by atoms with van der Waals surface area (Å²) in [5.41, 5.74) is 12.2. The third-order valence-electron chi connectivity index (χ3n) is 9.42. The second-order valence-corrected chi connectivity index (χ2v) is 16.3. The van der Waals surface area contributed by atoms with Crippen molar-refractivity contribution in [2.75, 3.05) is 57.0 Å². The van der Waals surface area contributed by atoms with Crippen LogP contribution in [-0.2, 0) is 0 Å². The van der Waals surface area contributed by atoms with Gasteiger partial charge in [-0.25, -0.2) is 0 Å².